The lowest BCUT2D eigenvalue weighted by Gasteiger charge is -2.37. The number of hydrogen-bond donors (Lipinski definition) is 0. The fourth-order valence-corrected chi connectivity index (χ4v) is 3.36. The summed E-state index contributed by atoms with van der Waals surface area (Å²) in [6.07, 6.45) is 6.55. The first kappa shape index (κ1) is 14.3. The third-order valence-electron chi connectivity index (χ3n) is 4.34. The van der Waals surface area contributed by atoms with E-state index in [0.717, 1.165) is 18.4 Å². The number of nitro benzene ring substituents is 1. The van der Waals surface area contributed by atoms with Crippen LogP contribution in [0.15, 0.2) is 24.3 Å². The average molecular weight is 282 g/mol. The van der Waals surface area contributed by atoms with Gasteiger partial charge in [0.1, 0.15) is 0 Å². The quantitative estimate of drug-likeness (QED) is 0.455. The second-order valence-corrected chi connectivity index (χ2v) is 6.30. The van der Waals surface area contributed by atoms with Crippen LogP contribution in [0.25, 0.3) is 0 Å². The van der Waals surface area contributed by atoms with Crippen LogP contribution in [0.1, 0.15) is 44.6 Å². The van der Waals surface area contributed by atoms with E-state index >= 15 is 0 Å². The Morgan fingerprint density at radius 1 is 1.32 bits per heavy atom. The fraction of sp³-hybridized carbons (Fsp3) is 0.600. The molecule has 2 rings (SSSR count). The van der Waals surface area contributed by atoms with Gasteiger partial charge in [-0.3, -0.25) is 10.1 Å². The maximum atomic E-state index is 11.0. The normalized spacial score (nSPS) is 19.9. The summed E-state index contributed by atoms with van der Waals surface area (Å²) in [4.78, 5) is 10.7. The zero-order valence-electron chi connectivity index (χ0n) is 11.3. The van der Waals surface area contributed by atoms with E-state index in [1.807, 2.05) is 12.1 Å². The maximum absolute atomic E-state index is 11.0. The third kappa shape index (κ3) is 3.27. The lowest BCUT2D eigenvalue weighted by molar-refractivity contribution is -0.385. The van der Waals surface area contributed by atoms with Crippen LogP contribution in [0.2, 0.25) is 0 Å². The number of para-hydroxylation sites is 1. The number of alkyl halides is 1. The summed E-state index contributed by atoms with van der Waals surface area (Å²) >= 11 is 6.59. The highest BCUT2D eigenvalue weighted by atomic mass is 35.5. The van der Waals surface area contributed by atoms with Crippen LogP contribution >= 0.6 is 11.6 Å². The smallest absolute Gasteiger partial charge is 0.258 e. The monoisotopic (exact) mass is 281 g/mol. The summed E-state index contributed by atoms with van der Waals surface area (Å²) in [5.41, 5.74) is 1.05. The predicted molar refractivity (Wildman–Crippen MR) is 77.6 cm³/mol. The van der Waals surface area contributed by atoms with E-state index in [-0.39, 0.29) is 21.4 Å². The summed E-state index contributed by atoms with van der Waals surface area (Å²) in [5.74, 6) is 0. The van der Waals surface area contributed by atoms with E-state index in [4.69, 9.17) is 11.6 Å². The molecule has 1 aromatic carbocycles. The van der Waals surface area contributed by atoms with Crippen molar-refractivity contribution in [1.29, 1.82) is 0 Å². The van der Waals surface area contributed by atoms with Crippen molar-refractivity contribution in [1.82, 2.24) is 0 Å². The molecular formula is C15H20ClNO2. The molecule has 1 aromatic rings. The van der Waals surface area contributed by atoms with Crippen molar-refractivity contribution in [2.45, 2.75) is 50.8 Å². The van der Waals surface area contributed by atoms with Crippen molar-refractivity contribution in [3.05, 3.63) is 39.9 Å². The number of halogens is 1. The summed E-state index contributed by atoms with van der Waals surface area (Å²) in [5, 5.41) is 11.0. The summed E-state index contributed by atoms with van der Waals surface area (Å²) < 4.78 is 0. The fourth-order valence-electron chi connectivity index (χ4n) is 2.97. The first-order valence-electron chi connectivity index (χ1n) is 6.89. The van der Waals surface area contributed by atoms with Crippen molar-refractivity contribution >= 4 is 17.3 Å². The van der Waals surface area contributed by atoms with Gasteiger partial charge in [0.05, 0.1) is 4.92 Å². The van der Waals surface area contributed by atoms with Crippen LogP contribution in [0.5, 0.6) is 0 Å². The van der Waals surface area contributed by atoms with Crippen molar-refractivity contribution in [2.24, 2.45) is 5.41 Å². The van der Waals surface area contributed by atoms with Crippen molar-refractivity contribution in [2.75, 3.05) is 0 Å². The molecule has 1 fully saturated rings. The molecule has 19 heavy (non-hydrogen) atoms. The van der Waals surface area contributed by atoms with Gasteiger partial charge < -0.3 is 0 Å². The number of nitro groups is 1. The third-order valence-corrected chi connectivity index (χ3v) is 5.02. The highest BCUT2D eigenvalue weighted by Gasteiger charge is 2.35. The Morgan fingerprint density at radius 3 is 2.58 bits per heavy atom. The van der Waals surface area contributed by atoms with Gasteiger partial charge in [-0.2, -0.15) is 0 Å². The number of nitrogens with zero attached hydrogens (tertiary/aromatic N) is 1. The summed E-state index contributed by atoms with van der Waals surface area (Å²) in [6.45, 7) is 2.22. The van der Waals surface area contributed by atoms with Gasteiger partial charge in [-0.15, -0.1) is 11.6 Å². The van der Waals surface area contributed by atoms with Gasteiger partial charge in [-0.05, 0) is 24.7 Å². The first-order valence-corrected chi connectivity index (χ1v) is 7.33. The highest BCUT2D eigenvalue weighted by molar-refractivity contribution is 6.21. The van der Waals surface area contributed by atoms with Gasteiger partial charge in [0.25, 0.3) is 5.69 Å². The van der Waals surface area contributed by atoms with Gasteiger partial charge in [0.15, 0.2) is 0 Å². The van der Waals surface area contributed by atoms with Crippen LogP contribution in [0, 0.1) is 15.5 Å². The maximum Gasteiger partial charge on any atom is 0.272 e. The van der Waals surface area contributed by atoms with Crippen LogP contribution in [0.4, 0.5) is 5.69 Å². The van der Waals surface area contributed by atoms with Gasteiger partial charge >= 0.3 is 0 Å². The molecule has 3 nitrogen and oxygen atoms in total. The lowest BCUT2D eigenvalue weighted by atomic mass is 9.72. The van der Waals surface area contributed by atoms with Crippen LogP contribution < -0.4 is 0 Å². The molecule has 1 aliphatic rings. The second-order valence-electron chi connectivity index (χ2n) is 5.77. The van der Waals surface area contributed by atoms with Crippen molar-refractivity contribution < 1.29 is 4.92 Å². The minimum Gasteiger partial charge on any atom is -0.258 e. The van der Waals surface area contributed by atoms with Crippen LogP contribution in [0.3, 0.4) is 0 Å². The molecule has 0 saturated heterocycles. The van der Waals surface area contributed by atoms with E-state index < -0.39 is 0 Å². The molecule has 0 aliphatic heterocycles. The van der Waals surface area contributed by atoms with Crippen LogP contribution in [-0.2, 0) is 6.42 Å². The molecule has 1 unspecified atom stereocenters. The lowest BCUT2D eigenvalue weighted by Crippen LogP contribution is -2.32. The Bertz CT molecular complexity index is 455. The van der Waals surface area contributed by atoms with E-state index in [1.165, 1.54) is 19.3 Å². The van der Waals surface area contributed by atoms with E-state index in [0.29, 0.717) is 6.42 Å². The molecule has 1 aliphatic carbocycles. The molecule has 104 valence electrons. The van der Waals surface area contributed by atoms with Gasteiger partial charge in [0, 0.05) is 17.0 Å². The summed E-state index contributed by atoms with van der Waals surface area (Å²) in [7, 11) is 0. The van der Waals surface area contributed by atoms with E-state index in [2.05, 4.69) is 6.92 Å². The number of hydrogen-bond acceptors (Lipinski definition) is 2. The topological polar surface area (TPSA) is 43.1 Å². The second kappa shape index (κ2) is 5.91. The molecule has 0 N–H and O–H groups in total. The zero-order valence-corrected chi connectivity index (χ0v) is 12.0. The van der Waals surface area contributed by atoms with Crippen molar-refractivity contribution in [3.8, 4) is 0 Å². The molecule has 0 aromatic heterocycles. The van der Waals surface area contributed by atoms with E-state index in [1.54, 1.807) is 12.1 Å². The zero-order chi connectivity index (χ0) is 13.9. The molecule has 0 spiro atoms. The Hall–Kier alpha value is -1.09. The SMILES string of the molecule is CC1(C(Cl)Cc2ccccc2[N+](=O)[O-])CCCCC1. The molecule has 0 radical (unpaired) electrons. The molecule has 0 bridgehead atoms. The molecule has 4 heteroatoms. The van der Waals surface area contributed by atoms with Crippen molar-refractivity contribution in [3.63, 3.8) is 0 Å². The Balaban J connectivity index is 2.14. The molecule has 1 atom stereocenters. The van der Waals surface area contributed by atoms with Gasteiger partial charge in [-0.1, -0.05) is 44.4 Å². The Morgan fingerprint density at radius 2 is 1.95 bits per heavy atom. The predicted octanol–water partition coefficient (Wildman–Crippen LogP) is 4.72. The highest BCUT2D eigenvalue weighted by Crippen LogP contribution is 2.42. The Kier molecular flexibility index (Phi) is 4.46. The minimum atomic E-state index is -0.317. The number of rotatable bonds is 4. The van der Waals surface area contributed by atoms with Gasteiger partial charge in [-0.25, -0.2) is 0 Å². The number of benzene rings is 1. The average Bonchev–Trinajstić information content (AvgIpc) is 2.40. The largest absolute Gasteiger partial charge is 0.272 e. The first-order chi connectivity index (χ1) is 9.03. The Labute approximate surface area is 119 Å². The van der Waals surface area contributed by atoms with Crippen LogP contribution in [-0.4, -0.2) is 10.3 Å². The van der Waals surface area contributed by atoms with E-state index in [9.17, 15) is 10.1 Å². The molecule has 1 saturated carbocycles. The molecular weight excluding hydrogens is 262 g/mol. The minimum absolute atomic E-state index is 0.0334. The summed E-state index contributed by atoms with van der Waals surface area (Å²) in [6, 6.07) is 6.92. The molecule has 0 amide bonds. The molecule has 0 heterocycles. The standard InChI is InChI=1S/C15H20ClNO2/c1-15(9-5-2-6-10-15)14(16)11-12-7-3-4-8-13(12)17(18)19/h3-4,7-8,14H,2,5-6,9-11H2,1H3. The van der Waals surface area contributed by atoms with Gasteiger partial charge in [0.2, 0.25) is 0 Å².